The second-order valence-electron chi connectivity index (χ2n) is 4.64. The minimum absolute atomic E-state index is 0.349. The topological polar surface area (TPSA) is 41.1 Å². The van der Waals surface area contributed by atoms with E-state index in [0.29, 0.717) is 12.1 Å². The van der Waals surface area contributed by atoms with Crippen LogP contribution in [-0.4, -0.2) is 12.5 Å². The minimum atomic E-state index is -1.66. The summed E-state index contributed by atoms with van der Waals surface area (Å²) < 4.78 is 15.7. The van der Waals surface area contributed by atoms with Crippen LogP contribution >= 0.6 is 0 Å². The molecule has 0 bridgehead atoms. The molecule has 0 aromatic heterocycles. The maximum Gasteiger partial charge on any atom is 0.319 e. The molecule has 2 amide bonds. The second kappa shape index (κ2) is 10.4. The van der Waals surface area contributed by atoms with Crippen LogP contribution in [0.15, 0.2) is 30.3 Å². The predicted molar refractivity (Wildman–Crippen MR) is 81.5 cm³/mol. The van der Waals surface area contributed by atoms with E-state index in [1.165, 1.54) is 19.3 Å². The molecule has 1 rings (SSSR count). The van der Waals surface area contributed by atoms with Crippen LogP contribution in [0.5, 0.6) is 0 Å². The summed E-state index contributed by atoms with van der Waals surface area (Å²) in [5.41, 5.74) is 0.658. The van der Waals surface area contributed by atoms with Gasteiger partial charge in [0, 0.05) is 14.9 Å². The lowest BCUT2D eigenvalue weighted by molar-refractivity contribution is 0.252. The fourth-order valence-electron chi connectivity index (χ4n) is 1.82. The van der Waals surface area contributed by atoms with Crippen molar-refractivity contribution in [1.82, 2.24) is 5.32 Å². The molecule has 0 spiro atoms. The first kappa shape index (κ1) is 12.5. The third-order valence-electron chi connectivity index (χ3n) is 2.89. The predicted octanol–water partition coefficient (Wildman–Crippen LogP) is 4.56. The molecule has 1 aromatic rings. The molecule has 0 aliphatic rings. The van der Waals surface area contributed by atoms with Crippen LogP contribution in [0, 0.1) is 0 Å². The van der Waals surface area contributed by atoms with Gasteiger partial charge in [-0.1, -0.05) is 63.6 Å². The maximum absolute atomic E-state index is 11.7. The number of anilines is 1. The highest BCUT2D eigenvalue weighted by atomic mass is 16.2. The quantitative estimate of drug-likeness (QED) is 0.631. The highest BCUT2D eigenvalue weighted by molar-refractivity contribution is 5.89. The van der Waals surface area contributed by atoms with E-state index in [1.54, 1.807) is 12.1 Å². The molecule has 0 heterocycles. The number of hydrogen-bond donors (Lipinski definition) is 2. The zero-order chi connectivity index (χ0) is 15.6. The summed E-state index contributed by atoms with van der Waals surface area (Å²) in [7, 11) is 0. The molecular formula is C16H26N2O. The Morgan fingerprint density at radius 3 is 2.37 bits per heavy atom. The molecule has 0 saturated carbocycles. The number of hydrogen-bond acceptors (Lipinski definition) is 1. The number of urea groups is 1. The highest BCUT2D eigenvalue weighted by Crippen LogP contribution is 2.06. The molecule has 1 aromatic carbocycles. The molecule has 0 aliphatic heterocycles. The van der Waals surface area contributed by atoms with Gasteiger partial charge < -0.3 is 10.6 Å². The van der Waals surface area contributed by atoms with Crippen LogP contribution < -0.4 is 10.6 Å². The highest BCUT2D eigenvalue weighted by Gasteiger charge is 1.99. The second-order valence-corrected chi connectivity index (χ2v) is 4.64. The third-order valence-corrected chi connectivity index (χ3v) is 2.89. The average molecular weight is 264 g/mol. The van der Waals surface area contributed by atoms with Crippen molar-refractivity contribution < 1.29 is 7.54 Å². The van der Waals surface area contributed by atoms with Crippen molar-refractivity contribution in [3.05, 3.63) is 30.3 Å². The Morgan fingerprint density at radius 2 is 1.68 bits per heavy atom. The van der Waals surface area contributed by atoms with Crippen LogP contribution in [-0.2, 0) is 0 Å². The van der Waals surface area contributed by atoms with E-state index >= 15 is 0 Å². The van der Waals surface area contributed by atoms with Crippen molar-refractivity contribution in [2.75, 3.05) is 11.8 Å². The van der Waals surface area contributed by atoms with E-state index in [4.69, 9.17) is 2.74 Å². The normalized spacial score (nSPS) is 12.5. The Balaban J connectivity index is 2.23. The molecular weight excluding hydrogens is 236 g/mol. The van der Waals surface area contributed by atoms with Gasteiger partial charge in [0.25, 0.3) is 0 Å². The van der Waals surface area contributed by atoms with Crippen LogP contribution in [0.3, 0.4) is 0 Å². The molecule has 0 saturated heterocycles. The molecule has 3 heteroatoms. The number of benzene rings is 1. The molecule has 0 fully saturated rings. The van der Waals surface area contributed by atoms with E-state index in [9.17, 15) is 4.79 Å². The zero-order valence-electron chi connectivity index (χ0n) is 13.7. The monoisotopic (exact) mass is 264 g/mol. The van der Waals surface area contributed by atoms with Gasteiger partial charge >= 0.3 is 6.03 Å². The van der Waals surface area contributed by atoms with Crippen LogP contribution in [0.4, 0.5) is 10.5 Å². The van der Waals surface area contributed by atoms with Gasteiger partial charge in [0.05, 0.1) is 0 Å². The van der Waals surface area contributed by atoms with E-state index in [1.807, 2.05) is 18.2 Å². The van der Waals surface area contributed by atoms with Crippen molar-refractivity contribution in [3.63, 3.8) is 0 Å². The van der Waals surface area contributed by atoms with Crippen molar-refractivity contribution in [2.24, 2.45) is 0 Å². The maximum atomic E-state index is 11.7. The largest absolute Gasteiger partial charge is 0.338 e. The van der Waals surface area contributed by atoms with E-state index < -0.39 is 12.5 Å². The van der Waals surface area contributed by atoms with E-state index in [2.05, 4.69) is 17.6 Å². The number of unbranched alkanes of at least 4 members (excludes halogenated alkanes) is 5. The number of nitrogens with one attached hydrogen (secondary N) is 2. The first-order valence-electron chi connectivity index (χ1n) is 8.18. The van der Waals surface area contributed by atoms with Crippen molar-refractivity contribution in [1.29, 1.82) is 0 Å². The van der Waals surface area contributed by atoms with Crippen molar-refractivity contribution in [3.8, 4) is 0 Å². The summed E-state index contributed by atoms with van der Waals surface area (Å²) in [6, 6.07) is 8.53. The van der Waals surface area contributed by atoms with Crippen molar-refractivity contribution in [2.45, 2.75) is 51.9 Å². The smallest absolute Gasteiger partial charge is 0.319 e. The van der Waals surface area contributed by atoms with E-state index in [-0.39, 0.29) is 0 Å². The molecule has 0 radical (unpaired) electrons. The Morgan fingerprint density at radius 1 is 1.05 bits per heavy atom. The molecule has 106 valence electrons. The Hall–Kier alpha value is -1.51. The molecule has 19 heavy (non-hydrogen) atoms. The van der Waals surface area contributed by atoms with Gasteiger partial charge in [-0.2, -0.15) is 0 Å². The number of para-hydroxylation sites is 1. The van der Waals surface area contributed by atoms with Crippen molar-refractivity contribution >= 4 is 11.7 Å². The summed E-state index contributed by atoms with van der Waals surface area (Å²) in [4.78, 5) is 11.7. The Labute approximate surface area is 119 Å². The molecule has 0 aliphatic carbocycles. The fourth-order valence-corrected chi connectivity index (χ4v) is 1.82. The summed E-state index contributed by atoms with van der Waals surface area (Å²) >= 11 is 0. The van der Waals surface area contributed by atoms with E-state index in [0.717, 1.165) is 19.3 Å². The average Bonchev–Trinajstić information content (AvgIpc) is 2.43. The first-order valence-corrected chi connectivity index (χ1v) is 7.18. The lowest BCUT2D eigenvalue weighted by atomic mass is 10.1. The molecule has 0 atom stereocenters. The van der Waals surface area contributed by atoms with Crippen LogP contribution in [0.1, 0.15) is 54.6 Å². The zero-order valence-corrected chi connectivity index (χ0v) is 11.7. The number of rotatable bonds is 9. The third kappa shape index (κ3) is 8.25. The van der Waals surface area contributed by atoms with Crippen LogP contribution in [0.2, 0.25) is 0 Å². The lowest BCUT2D eigenvalue weighted by Gasteiger charge is -2.07. The number of carbonyl (C=O) groups is 1. The number of amides is 2. The summed E-state index contributed by atoms with van der Waals surface area (Å²) in [6.45, 7) is 0.511. The summed E-state index contributed by atoms with van der Waals surface area (Å²) in [5, 5.41) is 5.02. The fraction of sp³-hybridized carbons (Fsp3) is 0.562. The van der Waals surface area contributed by atoms with Gasteiger partial charge in [-0.05, 0) is 18.6 Å². The minimum Gasteiger partial charge on any atom is -0.338 e. The van der Waals surface area contributed by atoms with Crippen LogP contribution in [0.25, 0.3) is 0 Å². The summed E-state index contributed by atoms with van der Waals surface area (Å²) in [6.07, 6.45) is 6.96. The van der Waals surface area contributed by atoms with Gasteiger partial charge in [0.2, 0.25) is 0 Å². The Kier molecular flexibility index (Phi) is 6.86. The lowest BCUT2D eigenvalue weighted by Crippen LogP contribution is -2.29. The van der Waals surface area contributed by atoms with Gasteiger partial charge in [-0.3, -0.25) is 0 Å². The number of carbonyl (C=O) groups excluding carboxylic acids is 1. The van der Waals surface area contributed by atoms with Gasteiger partial charge in [-0.15, -0.1) is 0 Å². The van der Waals surface area contributed by atoms with Gasteiger partial charge in [0.15, 0.2) is 0 Å². The molecule has 2 N–H and O–H groups in total. The summed E-state index contributed by atoms with van der Waals surface area (Å²) in [5.74, 6) is 0. The Bertz CT molecular complexity index is 410. The van der Waals surface area contributed by atoms with Gasteiger partial charge in [0.1, 0.15) is 0 Å². The first-order chi connectivity index (χ1) is 10.0. The molecule has 0 unspecified atom stereocenters. The van der Waals surface area contributed by atoms with Gasteiger partial charge in [-0.25, -0.2) is 4.79 Å². The molecule has 3 nitrogen and oxygen atoms in total. The standard InChI is InChI=1S/C16H26N2O/c1-2-3-4-5-6-7-11-14-17-16(19)18-15-12-9-8-10-13-15/h8-10,12-13H,2-7,11,14H2,1H3,(H2,17,18,19)/i14D2. The SMILES string of the molecule is [2H]C([2H])(CCCCCCCC)NC(=O)Nc1ccccc1.